The second kappa shape index (κ2) is 20.2. The Hall–Kier alpha value is -1.29. The third-order valence-electron chi connectivity index (χ3n) is 0.609. The lowest BCUT2D eigenvalue weighted by Gasteiger charge is -1.91. The van der Waals surface area contributed by atoms with Crippen LogP contribution in [0.15, 0.2) is 12.7 Å². The van der Waals surface area contributed by atoms with Crippen LogP contribution in [0.4, 0.5) is 0 Å². The largest absolute Gasteiger partial charge is 0.399 e. The quantitative estimate of drug-likeness (QED) is 0.620. The number of amides is 1. The molecule has 8 nitrogen and oxygen atoms in total. The molecule has 0 heterocycles. The minimum Gasteiger partial charge on any atom is -0.366 e. The minimum atomic E-state index is -3.66. The molecule has 0 aromatic rings. The first-order chi connectivity index (χ1) is 7.81. The van der Waals surface area contributed by atoms with Crippen LogP contribution in [0.25, 0.3) is 0 Å². The summed E-state index contributed by atoms with van der Waals surface area (Å²) in [4.78, 5) is 17.5. The summed E-state index contributed by atoms with van der Waals surface area (Å²) in [6, 6.07) is 0. The first-order valence-electron chi connectivity index (χ1n) is 3.96. The average molecular weight is 272 g/mol. The Balaban J connectivity index is -0.0000000743. The van der Waals surface area contributed by atoms with E-state index in [-0.39, 0.29) is 0 Å². The van der Waals surface area contributed by atoms with Crippen LogP contribution in [-0.2, 0) is 28.4 Å². The van der Waals surface area contributed by atoms with E-state index in [2.05, 4.69) is 26.0 Å². The van der Waals surface area contributed by atoms with Crippen molar-refractivity contribution in [2.45, 2.75) is 0 Å². The van der Waals surface area contributed by atoms with E-state index >= 15 is 0 Å². The predicted molar refractivity (Wildman–Crippen MR) is 64.4 cm³/mol. The Morgan fingerprint density at radius 1 is 1.24 bits per heavy atom. The molecule has 0 rings (SSSR count). The van der Waals surface area contributed by atoms with E-state index in [1.165, 1.54) is 0 Å². The molecule has 0 aliphatic heterocycles. The van der Waals surface area contributed by atoms with Gasteiger partial charge in [0.05, 0.1) is 14.2 Å². The Bertz CT molecular complexity index is 255. The van der Waals surface area contributed by atoms with Crippen molar-refractivity contribution in [1.82, 2.24) is 5.32 Å². The Labute approximate surface area is 102 Å². The highest BCUT2D eigenvalue weighted by molar-refractivity contribution is 7.81. The molecule has 3 N–H and O–H groups in total. The van der Waals surface area contributed by atoms with Gasteiger partial charge in [-0.25, -0.2) is 0 Å². The molecule has 0 saturated heterocycles. The second-order valence-electron chi connectivity index (χ2n) is 1.85. The molecule has 1 amide bonds. The Morgan fingerprint density at radius 3 is 1.41 bits per heavy atom. The van der Waals surface area contributed by atoms with Crippen molar-refractivity contribution >= 4 is 23.1 Å². The maximum atomic E-state index is 9.92. The van der Waals surface area contributed by atoms with Crippen LogP contribution in [0.3, 0.4) is 0 Å². The van der Waals surface area contributed by atoms with Crippen LogP contribution in [0.1, 0.15) is 0 Å². The molecule has 9 heteroatoms. The van der Waals surface area contributed by atoms with Crippen LogP contribution in [0, 0.1) is 0 Å². The molecule has 0 atom stereocenters. The Kier molecular flexibility index (Phi) is 29.4. The highest BCUT2D eigenvalue weighted by atomic mass is 32.3. The van der Waals surface area contributed by atoms with E-state index in [0.29, 0.717) is 0 Å². The van der Waals surface area contributed by atoms with Gasteiger partial charge in [0.15, 0.2) is 0 Å². The number of nitrogens with one attached hydrogen (secondary N) is 1. The monoisotopic (exact) mass is 272 g/mol. The van der Waals surface area contributed by atoms with Gasteiger partial charge in [-0.2, -0.15) is 8.42 Å². The molecule has 0 aliphatic rings. The van der Waals surface area contributed by atoms with Gasteiger partial charge in [-0.05, 0) is 20.2 Å². The highest BCUT2D eigenvalue weighted by Gasteiger charge is 2.01. The topological polar surface area (TPSA) is 125 Å². The number of nitrogens with two attached hydrogens (primary N) is 1. The van der Waals surface area contributed by atoms with Crippen LogP contribution < -0.4 is 11.1 Å². The van der Waals surface area contributed by atoms with Gasteiger partial charge < -0.3 is 15.8 Å². The lowest BCUT2D eigenvalue weighted by molar-refractivity contribution is -0.113. The zero-order chi connectivity index (χ0) is 14.9. The molecular formula is C8H20N2O6S. The van der Waals surface area contributed by atoms with Crippen LogP contribution >= 0.6 is 0 Å². The number of hydrogen-bond acceptors (Lipinski definition) is 7. The highest BCUT2D eigenvalue weighted by Crippen LogP contribution is 1.85. The number of hydrogen-bond donors (Lipinski definition) is 2. The summed E-state index contributed by atoms with van der Waals surface area (Å²) in [6.45, 7) is 5.09. The minimum absolute atomic E-state index is 0.481. The van der Waals surface area contributed by atoms with Crippen molar-refractivity contribution in [2.75, 3.05) is 28.3 Å². The van der Waals surface area contributed by atoms with Gasteiger partial charge in [0.1, 0.15) is 6.79 Å². The lowest BCUT2D eigenvalue weighted by atomic mass is 10.6. The number of carbonyl (C=O) groups excluding carboxylic acids is 2. The van der Waals surface area contributed by atoms with Crippen molar-refractivity contribution in [2.24, 2.45) is 5.73 Å². The molecule has 0 saturated carbocycles. The van der Waals surface area contributed by atoms with Crippen molar-refractivity contribution in [3.05, 3.63) is 12.7 Å². The molecule has 0 radical (unpaired) electrons. The van der Waals surface area contributed by atoms with E-state index in [0.717, 1.165) is 20.3 Å². The third-order valence-corrected chi connectivity index (χ3v) is 1.43. The zero-order valence-corrected chi connectivity index (χ0v) is 11.2. The summed E-state index contributed by atoms with van der Waals surface area (Å²) in [7, 11) is 2.15. The third kappa shape index (κ3) is 52.8. The molecule has 0 fully saturated rings. The molecule has 0 aromatic carbocycles. The first-order valence-corrected chi connectivity index (χ1v) is 5.29. The summed E-state index contributed by atoms with van der Waals surface area (Å²) in [5, 5.41) is 2.75. The van der Waals surface area contributed by atoms with Gasteiger partial charge in [-0.3, -0.25) is 13.2 Å². The van der Waals surface area contributed by atoms with Crippen molar-refractivity contribution in [1.29, 1.82) is 0 Å². The molecular weight excluding hydrogens is 252 g/mol. The SMILES string of the molecule is C=CC(N)=O.C=O.CNC.COS(=O)(=O)OC. The number of rotatable bonds is 3. The Morgan fingerprint density at radius 2 is 1.41 bits per heavy atom. The van der Waals surface area contributed by atoms with Crippen molar-refractivity contribution < 1.29 is 26.4 Å². The van der Waals surface area contributed by atoms with Gasteiger partial charge in [-0.15, -0.1) is 0 Å². The van der Waals surface area contributed by atoms with Crippen molar-refractivity contribution in [3.8, 4) is 0 Å². The number of carbonyl (C=O) groups is 2. The summed E-state index contributed by atoms with van der Waals surface area (Å²) in [5.41, 5.74) is 4.53. The molecule has 0 aromatic heterocycles. The fourth-order valence-electron chi connectivity index (χ4n) is 0.0680. The van der Waals surface area contributed by atoms with Crippen LogP contribution in [0.2, 0.25) is 0 Å². The molecule has 0 bridgehead atoms. The zero-order valence-electron chi connectivity index (χ0n) is 10.4. The second-order valence-corrected chi connectivity index (χ2v) is 3.33. The maximum absolute atomic E-state index is 9.92. The molecule has 0 aliphatic carbocycles. The summed E-state index contributed by atoms with van der Waals surface area (Å²) in [5.74, 6) is -0.481. The first kappa shape index (κ1) is 24.8. The molecule has 17 heavy (non-hydrogen) atoms. The summed E-state index contributed by atoms with van der Waals surface area (Å²) < 4.78 is 27.5. The van der Waals surface area contributed by atoms with Gasteiger partial charge in [-0.1, -0.05) is 6.58 Å². The van der Waals surface area contributed by atoms with Crippen LogP contribution in [-0.4, -0.2) is 49.4 Å². The van der Waals surface area contributed by atoms with Crippen LogP contribution in [0.5, 0.6) is 0 Å². The summed E-state index contributed by atoms with van der Waals surface area (Å²) >= 11 is 0. The fraction of sp³-hybridized carbons (Fsp3) is 0.500. The number of primary amides is 1. The molecule has 0 unspecified atom stereocenters. The van der Waals surface area contributed by atoms with E-state index in [1.54, 1.807) is 0 Å². The predicted octanol–water partition coefficient (Wildman–Crippen LogP) is -1.17. The fourth-order valence-corrected chi connectivity index (χ4v) is 0.204. The molecule has 104 valence electrons. The normalized spacial score (nSPS) is 8.00. The van der Waals surface area contributed by atoms with Gasteiger partial charge in [0, 0.05) is 0 Å². The van der Waals surface area contributed by atoms with E-state index < -0.39 is 16.3 Å². The molecule has 0 spiro atoms. The van der Waals surface area contributed by atoms with Crippen molar-refractivity contribution in [3.63, 3.8) is 0 Å². The lowest BCUT2D eigenvalue weighted by Crippen LogP contribution is -2.04. The smallest absolute Gasteiger partial charge is 0.366 e. The van der Waals surface area contributed by atoms with Gasteiger partial charge in [0.2, 0.25) is 5.91 Å². The standard InChI is InChI=1S/C3H5NO.C2H7N.C2H6O4S.CH2O/c1-2-3(4)5;1-3-2;1-5-7(3,4)6-2;1-2/h2H,1H2,(H2,4,5);3H,1-2H3;1-2H3;1H2. The summed E-state index contributed by atoms with van der Waals surface area (Å²) in [6.07, 6.45) is 1.06. The maximum Gasteiger partial charge on any atom is 0.399 e. The van der Waals surface area contributed by atoms with Gasteiger partial charge >= 0.3 is 10.4 Å². The van der Waals surface area contributed by atoms with E-state index in [1.807, 2.05) is 20.9 Å². The van der Waals surface area contributed by atoms with E-state index in [4.69, 9.17) is 4.79 Å². The van der Waals surface area contributed by atoms with Gasteiger partial charge in [0.25, 0.3) is 0 Å². The average Bonchev–Trinajstić information content (AvgIpc) is 2.33. The van der Waals surface area contributed by atoms with E-state index in [9.17, 15) is 13.2 Å².